The van der Waals surface area contributed by atoms with E-state index < -0.39 is 5.97 Å². The Kier molecular flexibility index (Phi) is 5.13. The molecule has 1 spiro atoms. The van der Waals surface area contributed by atoms with Crippen LogP contribution in [0.5, 0.6) is 0 Å². The molecule has 3 heterocycles. The average Bonchev–Trinajstić information content (AvgIpc) is 2.94. The minimum Gasteiger partial charge on any atom is -0.480 e. The smallest absolute Gasteiger partial charge is 0.320 e. The Hall–Kier alpha value is -1.89. The highest BCUT2D eigenvalue weighted by Crippen LogP contribution is 2.44. The van der Waals surface area contributed by atoms with E-state index in [4.69, 9.17) is 0 Å². The van der Waals surface area contributed by atoms with Crippen molar-refractivity contribution in [3.05, 3.63) is 12.4 Å². The van der Waals surface area contributed by atoms with Gasteiger partial charge in [-0.25, -0.2) is 4.98 Å². The maximum atomic E-state index is 11.6. The van der Waals surface area contributed by atoms with Gasteiger partial charge in [0.25, 0.3) is 0 Å². The molecule has 2 aliphatic heterocycles. The van der Waals surface area contributed by atoms with E-state index in [1.807, 2.05) is 25.2 Å². The molecule has 2 saturated heterocycles. The van der Waals surface area contributed by atoms with E-state index in [9.17, 15) is 9.90 Å². The molecule has 1 atom stereocenters. The molecule has 2 aliphatic rings. The monoisotopic (exact) mass is 347 g/mol. The Bertz CT molecular complexity index is 613. The van der Waals surface area contributed by atoms with Crippen molar-refractivity contribution in [2.75, 3.05) is 50.1 Å². The number of rotatable bonds is 5. The molecule has 0 bridgehead atoms. The van der Waals surface area contributed by atoms with E-state index in [0.717, 1.165) is 63.5 Å². The summed E-state index contributed by atoms with van der Waals surface area (Å²) in [5.41, 5.74) is 0.140. The summed E-state index contributed by atoms with van der Waals surface area (Å²) in [5, 5.41) is 9.56. The van der Waals surface area contributed by atoms with Gasteiger partial charge in [-0.2, -0.15) is 0 Å². The van der Waals surface area contributed by atoms with Gasteiger partial charge in [0.15, 0.2) is 0 Å². The van der Waals surface area contributed by atoms with Crippen molar-refractivity contribution >= 4 is 17.6 Å². The minimum atomic E-state index is -0.669. The lowest BCUT2D eigenvalue weighted by atomic mass is 9.76. The number of likely N-dealkylation sites (tertiary alicyclic amines) is 1. The summed E-state index contributed by atoms with van der Waals surface area (Å²) in [6, 6.07) is -0.316. The van der Waals surface area contributed by atoms with Gasteiger partial charge in [0.1, 0.15) is 17.7 Å². The molecule has 1 aromatic rings. The SMILES string of the molecule is CCCN1CC2(CCN(c3cncc(N(C)C)n3)CC2)CC1C(=O)O. The van der Waals surface area contributed by atoms with Gasteiger partial charge in [0, 0.05) is 33.7 Å². The molecule has 0 aromatic carbocycles. The van der Waals surface area contributed by atoms with Gasteiger partial charge in [0.2, 0.25) is 0 Å². The van der Waals surface area contributed by atoms with Crippen molar-refractivity contribution in [2.45, 2.75) is 38.6 Å². The molecule has 138 valence electrons. The summed E-state index contributed by atoms with van der Waals surface area (Å²) in [6.45, 7) is 5.73. The number of anilines is 2. The van der Waals surface area contributed by atoms with Crippen LogP contribution in [-0.4, -0.2) is 72.3 Å². The van der Waals surface area contributed by atoms with Crippen LogP contribution in [0.15, 0.2) is 12.4 Å². The third-order valence-electron chi connectivity index (χ3n) is 5.62. The molecule has 0 radical (unpaired) electrons. The number of hydrogen-bond donors (Lipinski definition) is 1. The number of carbonyl (C=O) groups is 1. The standard InChI is InChI=1S/C18H29N5O2/c1-4-7-23-13-18(10-14(23)17(24)25)5-8-22(9-6-18)16-12-19-11-15(20-16)21(2)3/h11-12,14H,4-10,13H2,1-3H3,(H,24,25). The average molecular weight is 347 g/mol. The fraction of sp³-hybridized carbons (Fsp3) is 0.722. The zero-order valence-electron chi connectivity index (χ0n) is 15.5. The fourth-order valence-electron chi connectivity index (χ4n) is 4.20. The van der Waals surface area contributed by atoms with Gasteiger partial charge < -0.3 is 14.9 Å². The third kappa shape index (κ3) is 3.71. The molecule has 3 rings (SSSR count). The molecular weight excluding hydrogens is 318 g/mol. The van der Waals surface area contributed by atoms with Crippen molar-refractivity contribution in [3.8, 4) is 0 Å². The molecule has 2 fully saturated rings. The molecule has 0 saturated carbocycles. The van der Waals surface area contributed by atoms with E-state index in [-0.39, 0.29) is 11.5 Å². The molecule has 25 heavy (non-hydrogen) atoms. The Morgan fingerprint density at radius 1 is 1.36 bits per heavy atom. The van der Waals surface area contributed by atoms with Crippen LogP contribution in [0.4, 0.5) is 11.6 Å². The van der Waals surface area contributed by atoms with Gasteiger partial charge in [-0.1, -0.05) is 6.92 Å². The molecule has 0 aliphatic carbocycles. The van der Waals surface area contributed by atoms with Crippen LogP contribution >= 0.6 is 0 Å². The van der Waals surface area contributed by atoms with E-state index in [0.29, 0.717) is 0 Å². The van der Waals surface area contributed by atoms with Crippen LogP contribution in [-0.2, 0) is 4.79 Å². The van der Waals surface area contributed by atoms with Gasteiger partial charge >= 0.3 is 5.97 Å². The minimum absolute atomic E-state index is 0.140. The van der Waals surface area contributed by atoms with Crippen molar-refractivity contribution in [1.82, 2.24) is 14.9 Å². The fourth-order valence-corrected chi connectivity index (χ4v) is 4.20. The lowest BCUT2D eigenvalue weighted by molar-refractivity contribution is -0.142. The van der Waals surface area contributed by atoms with E-state index in [2.05, 4.69) is 26.7 Å². The summed E-state index contributed by atoms with van der Waals surface area (Å²) in [7, 11) is 3.93. The first-order valence-corrected chi connectivity index (χ1v) is 9.15. The van der Waals surface area contributed by atoms with E-state index in [1.165, 1.54) is 0 Å². The number of carboxylic acid groups (broad SMARTS) is 1. The summed E-state index contributed by atoms with van der Waals surface area (Å²) in [6.07, 6.45) is 7.41. The first-order valence-electron chi connectivity index (χ1n) is 9.15. The first kappa shape index (κ1) is 17.9. The number of aliphatic carboxylic acids is 1. The number of carboxylic acids is 1. The molecule has 1 aromatic heterocycles. The highest BCUT2D eigenvalue weighted by molar-refractivity contribution is 5.74. The van der Waals surface area contributed by atoms with Crippen LogP contribution < -0.4 is 9.80 Å². The largest absolute Gasteiger partial charge is 0.480 e. The van der Waals surface area contributed by atoms with E-state index in [1.54, 1.807) is 6.20 Å². The normalized spacial score (nSPS) is 23.2. The molecule has 1 N–H and O–H groups in total. The zero-order chi connectivity index (χ0) is 18.0. The second-order valence-corrected chi connectivity index (χ2v) is 7.65. The van der Waals surface area contributed by atoms with Gasteiger partial charge in [-0.15, -0.1) is 0 Å². The van der Waals surface area contributed by atoms with Crippen LogP contribution in [0.25, 0.3) is 0 Å². The Morgan fingerprint density at radius 2 is 2.08 bits per heavy atom. The lowest BCUT2D eigenvalue weighted by Gasteiger charge is -2.39. The molecule has 7 nitrogen and oxygen atoms in total. The van der Waals surface area contributed by atoms with Gasteiger partial charge in [0.05, 0.1) is 12.4 Å². The number of nitrogens with zero attached hydrogens (tertiary/aromatic N) is 5. The van der Waals surface area contributed by atoms with Crippen LogP contribution in [0.1, 0.15) is 32.6 Å². The van der Waals surface area contributed by atoms with E-state index >= 15 is 0 Å². The molecule has 0 amide bonds. The maximum Gasteiger partial charge on any atom is 0.320 e. The quantitative estimate of drug-likeness (QED) is 0.869. The highest BCUT2D eigenvalue weighted by atomic mass is 16.4. The molecular formula is C18H29N5O2. The Balaban J connectivity index is 1.67. The number of aromatic nitrogens is 2. The third-order valence-corrected chi connectivity index (χ3v) is 5.62. The van der Waals surface area contributed by atoms with Crippen molar-refractivity contribution < 1.29 is 9.90 Å². The second-order valence-electron chi connectivity index (χ2n) is 7.65. The van der Waals surface area contributed by atoms with Gasteiger partial charge in [-0.3, -0.25) is 14.7 Å². The van der Waals surface area contributed by atoms with Crippen LogP contribution in [0.3, 0.4) is 0 Å². The predicted molar refractivity (Wildman–Crippen MR) is 98.1 cm³/mol. The van der Waals surface area contributed by atoms with Gasteiger partial charge in [-0.05, 0) is 37.6 Å². The first-order chi connectivity index (χ1) is 11.9. The van der Waals surface area contributed by atoms with Crippen LogP contribution in [0.2, 0.25) is 0 Å². The topological polar surface area (TPSA) is 72.8 Å². The lowest BCUT2D eigenvalue weighted by Crippen LogP contribution is -2.42. The van der Waals surface area contributed by atoms with Crippen LogP contribution in [0, 0.1) is 5.41 Å². The Morgan fingerprint density at radius 3 is 2.68 bits per heavy atom. The second kappa shape index (κ2) is 7.15. The van der Waals surface area contributed by atoms with Crippen molar-refractivity contribution in [3.63, 3.8) is 0 Å². The zero-order valence-corrected chi connectivity index (χ0v) is 15.5. The number of piperidine rings is 1. The number of hydrogen-bond acceptors (Lipinski definition) is 6. The highest BCUT2D eigenvalue weighted by Gasteiger charge is 2.47. The van der Waals surface area contributed by atoms with Crippen molar-refractivity contribution in [1.29, 1.82) is 0 Å². The van der Waals surface area contributed by atoms with Crippen molar-refractivity contribution in [2.24, 2.45) is 5.41 Å². The summed E-state index contributed by atoms with van der Waals surface area (Å²) in [4.78, 5) is 27.0. The molecule has 7 heteroatoms. The Labute approximate surface area is 149 Å². The predicted octanol–water partition coefficient (Wildman–Crippen LogP) is 1.70. The maximum absolute atomic E-state index is 11.6. The summed E-state index contributed by atoms with van der Waals surface area (Å²) in [5.74, 6) is 1.11. The molecule has 1 unspecified atom stereocenters. The summed E-state index contributed by atoms with van der Waals surface area (Å²) < 4.78 is 0. The summed E-state index contributed by atoms with van der Waals surface area (Å²) >= 11 is 0.